The Bertz CT molecular complexity index is 284. The van der Waals surface area contributed by atoms with Gasteiger partial charge in [-0.05, 0) is 31.1 Å². The van der Waals surface area contributed by atoms with Crippen molar-refractivity contribution in [2.75, 3.05) is 26.7 Å². The number of rotatable bonds is 4. The second-order valence-electron chi connectivity index (χ2n) is 5.96. The first-order valence-electron chi connectivity index (χ1n) is 7.28. The molecule has 19 heavy (non-hydrogen) atoms. The highest BCUT2D eigenvalue weighted by Crippen LogP contribution is 2.36. The van der Waals surface area contributed by atoms with Crippen LogP contribution < -0.4 is 10.6 Å². The van der Waals surface area contributed by atoms with Crippen LogP contribution in [-0.4, -0.2) is 38.8 Å². The van der Waals surface area contributed by atoms with Gasteiger partial charge in [0, 0.05) is 26.7 Å². The van der Waals surface area contributed by atoms with Gasteiger partial charge in [-0.1, -0.05) is 19.8 Å². The minimum Gasteiger partial charge on any atom is -0.376 e. The first kappa shape index (κ1) is 17.0. The fourth-order valence-electron chi connectivity index (χ4n) is 2.94. The summed E-state index contributed by atoms with van der Waals surface area (Å²) in [6.45, 7) is 5.19. The molecule has 1 unspecified atom stereocenters. The molecule has 1 saturated carbocycles. The Morgan fingerprint density at radius 1 is 1.26 bits per heavy atom. The van der Waals surface area contributed by atoms with Crippen molar-refractivity contribution in [1.29, 1.82) is 0 Å². The molecule has 0 bridgehead atoms. The topological polar surface area (TPSA) is 45.7 Å². The Hall–Kier alpha value is -0.0400. The molecule has 1 aliphatic heterocycles. The van der Waals surface area contributed by atoms with Crippen molar-refractivity contribution in [3.63, 3.8) is 0 Å². The summed E-state index contributed by atoms with van der Waals surface area (Å²) in [6.07, 6.45) is 8.15. The van der Waals surface area contributed by atoms with E-state index in [4.69, 9.17) is 4.74 Å². The normalized spacial score (nSPS) is 26.0. The van der Waals surface area contributed by atoms with Gasteiger partial charge in [0.2, 0.25) is 0 Å². The van der Waals surface area contributed by atoms with E-state index in [9.17, 15) is 0 Å². The number of guanidine groups is 1. The third-order valence-electron chi connectivity index (χ3n) is 4.24. The number of hydrogen-bond acceptors (Lipinski definition) is 2. The van der Waals surface area contributed by atoms with Crippen LogP contribution in [0.5, 0.6) is 0 Å². The molecule has 2 aliphatic rings. The van der Waals surface area contributed by atoms with Gasteiger partial charge in [-0.2, -0.15) is 0 Å². The van der Waals surface area contributed by atoms with Gasteiger partial charge in [0.25, 0.3) is 0 Å². The number of hydrogen-bond donors (Lipinski definition) is 2. The summed E-state index contributed by atoms with van der Waals surface area (Å²) in [5, 5.41) is 6.83. The number of nitrogens with zero attached hydrogens (tertiary/aromatic N) is 1. The quantitative estimate of drug-likeness (QED) is 0.447. The average Bonchev–Trinajstić information content (AvgIpc) is 3.01. The third-order valence-corrected chi connectivity index (χ3v) is 4.24. The molecule has 112 valence electrons. The molecule has 4 nitrogen and oxygen atoms in total. The lowest BCUT2D eigenvalue weighted by Crippen LogP contribution is -2.44. The largest absolute Gasteiger partial charge is 0.376 e. The van der Waals surface area contributed by atoms with Crippen molar-refractivity contribution in [3.05, 3.63) is 0 Å². The minimum absolute atomic E-state index is 0. The fourth-order valence-corrected chi connectivity index (χ4v) is 2.94. The molecule has 0 aromatic carbocycles. The van der Waals surface area contributed by atoms with Crippen LogP contribution in [0.15, 0.2) is 4.99 Å². The molecule has 0 radical (unpaired) electrons. The van der Waals surface area contributed by atoms with Crippen LogP contribution >= 0.6 is 24.0 Å². The standard InChI is InChI=1S/C14H27N3O.HI/c1-14(7-3-4-8-14)11-17-13(15-2)16-10-12-6-5-9-18-12;/h12H,3-11H2,1-2H3,(H2,15,16,17);1H. The number of nitrogens with one attached hydrogen (secondary N) is 2. The summed E-state index contributed by atoms with van der Waals surface area (Å²) < 4.78 is 5.60. The third kappa shape index (κ3) is 5.45. The van der Waals surface area contributed by atoms with E-state index in [-0.39, 0.29) is 24.0 Å². The van der Waals surface area contributed by atoms with Gasteiger partial charge in [-0.25, -0.2) is 0 Å². The van der Waals surface area contributed by atoms with Crippen LogP contribution in [0.25, 0.3) is 0 Å². The van der Waals surface area contributed by atoms with E-state index in [1.54, 1.807) is 0 Å². The van der Waals surface area contributed by atoms with Crippen molar-refractivity contribution in [3.8, 4) is 0 Å². The molecular weight excluding hydrogens is 353 g/mol. The lowest BCUT2D eigenvalue weighted by atomic mass is 9.89. The summed E-state index contributed by atoms with van der Waals surface area (Å²) in [6, 6.07) is 0. The van der Waals surface area contributed by atoms with E-state index in [0.717, 1.165) is 25.7 Å². The average molecular weight is 381 g/mol. The van der Waals surface area contributed by atoms with E-state index in [0.29, 0.717) is 11.5 Å². The zero-order valence-corrected chi connectivity index (χ0v) is 14.5. The molecule has 0 spiro atoms. The van der Waals surface area contributed by atoms with Gasteiger partial charge in [-0.3, -0.25) is 4.99 Å². The summed E-state index contributed by atoms with van der Waals surface area (Å²) in [7, 11) is 1.84. The maximum atomic E-state index is 5.60. The Balaban J connectivity index is 0.00000180. The zero-order valence-electron chi connectivity index (χ0n) is 12.2. The molecule has 5 heteroatoms. The Labute approximate surface area is 134 Å². The van der Waals surface area contributed by atoms with E-state index >= 15 is 0 Å². The molecule has 1 saturated heterocycles. The molecule has 1 atom stereocenters. The summed E-state index contributed by atoms with van der Waals surface area (Å²) in [5.41, 5.74) is 0.460. The molecule has 0 aromatic rings. The van der Waals surface area contributed by atoms with Crippen molar-refractivity contribution < 1.29 is 4.74 Å². The first-order chi connectivity index (χ1) is 8.72. The molecule has 2 rings (SSSR count). The number of ether oxygens (including phenoxy) is 1. The van der Waals surface area contributed by atoms with Gasteiger partial charge in [0.1, 0.15) is 0 Å². The lowest BCUT2D eigenvalue weighted by Gasteiger charge is -2.25. The van der Waals surface area contributed by atoms with Crippen LogP contribution in [0.3, 0.4) is 0 Å². The highest BCUT2D eigenvalue weighted by Gasteiger charge is 2.28. The Kier molecular flexibility index (Phi) is 7.42. The second-order valence-corrected chi connectivity index (χ2v) is 5.96. The maximum Gasteiger partial charge on any atom is 0.191 e. The fraction of sp³-hybridized carbons (Fsp3) is 0.929. The van der Waals surface area contributed by atoms with Gasteiger partial charge in [0.15, 0.2) is 5.96 Å². The Morgan fingerprint density at radius 2 is 2.00 bits per heavy atom. The number of halogens is 1. The highest BCUT2D eigenvalue weighted by atomic mass is 127. The minimum atomic E-state index is 0. The molecule has 2 fully saturated rings. The van der Waals surface area contributed by atoms with Crippen LogP contribution in [0.2, 0.25) is 0 Å². The first-order valence-corrected chi connectivity index (χ1v) is 7.28. The zero-order chi connectivity index (χ0) is 12.8. The number of aliphatic imine (C=N–C) groups is 1. The van der Waals surface area contributed by atoms with Gasteiger partial charge in [0.05, 0.1) is 6.10 Å². The Morgan fingerprint density at radius 3 is 2.58 bits per heavy atom. The summed E-state index contributed by atoms with van der Waals surface area (Å²) in [4.78, 5) is 4.28. The van der Waals surface area contributed by atoms with Crippen LogP contribution in [0.4, 0.5) is 0 Å². The van der Waals surface area contributed by atoms with E-state index in [1.807, 2.05) is 7.05 Å². The highest BCUT2D eigenvalue weighted by molar-refractivity contribution is 14.0. The van der Waals surface area contributed by atoms with Crippen molar-refractivity contribution >= 4 is 29.9 Å². The van der Waals surface area contributed by atoms with Gasteiger partial charge < -0.3 is 15.4 Å². The maximum absolute atomic E-state index is 5.60. The second kappa shape index (κ2) is 8.29. The predicted octanol–water partition coefficient (Wildman–Crippen LogP) is 2.53. The molecule has 1 heterocycles. The van der Waals surface area contributed by atoms with E-state index < -0.39 is 0 Å². The molecule has 0 amide bonds. The van der Waals surface area contributed by atoms with E-state index in [1.165, 1.54) is 38.5 Å². The van der Waals surface area contributed by atoms with Crippen LogP contribution in [-0.2, 0) is 4.74 Å². The van der Waals surface area contributed by atoms with Crippen LogP contribution in [0.1, 0.15) is 45.4 Å². The van der Waals surface area contributed by atoms with Crippen molar-refractivity contribution in [2.45, 2.75) is 51.6 Å². The van der Waals surface area contributed by atoms with Crippen molar-refractivity contribution in [2.24, 2.45) is 10.4 Å². The van der Waals surface area contributed by atoms with Gasteiger partial charge >= 0.3 is 0 Å². The molecular formula is C14H28IN3O. The summed E-state index contributed by atoms with van der Waals surface area (Å²) in [5.74, 6) is 0.915. The molecule has 0 aromatic heterocycles. The smallest absolute Gasteiger partial charge is 0.191 e. The van der Waals surface area contributed by atoms with E-state index in [2.05, 4.69) is 22.5 Å². The van der Waals surface area contributed by atoms with Crippen LogP contribution in [0, 0.1) is 5.41 Å². The predicted molar refractivity (Wildman–Crippen MR) is 90.3 cm³/mol. The van der Waals surface area contributed by atoms with Crippen molar-refractivity contribution in [1.82, 2.24) is 10.6 Å². The van der Waals surface area contributed by atoms with Gasteiger partial charge in [-0.15, -0.1) is 24.0 Å². The summed E-state index contributed by atoms with van der Waals surface area (Å²) >= 11 is 0. The SMILES string of the molecule is CN=C(NCC1CCCO1)NCC1(C)CCCC1.I. The lowest BCUT2D eigenvalue weighted by molar-refractivity contribution is 0.113. The molecule has 1 aliphatic carbocycles. The monoisotopic (exact) mass is 381 g/mol. The molecule has 2 N–H and O–H groups in total.